The molecule has 0 saturated carbocycles. The first kappa shape index (κ1) is 21.0. The van der Waals surface area contributed by atoms with Crippen LogP contribution in [0.1, 0.15) is 45.4 Å². The summed E-state index contributed by atoms with van der Waals surface area (Å²) in [5, 5.41) is 7.51. The number of amides is 1. The Morgan fingerprint density at radius 2 is 2.22 bits per heavy atom. The Morgan fingerprint density at radius 1 is 1.48 bits per heavy atom. The van der Waals surface area contributed by atoms with Crippen molar-refractivity contribution in [1.82, 2.24) is 5.32 Å². The number of rotatable bonds is 8. The number of nitrogens with zero attached hydrogens (tertiary/aromatic N) is 2. The van der Waals surface area contributed by atoms with Crippen LogP contribution in [0.15, 0.2) is 31.5 Å². The second-order valence-corrected chi connectivity index (χ2v) is 7.34. The quantitative estimate of drug-likeness (QED) is 0.536. The minimum atomic E-state index is -0.935. The number of hydrogen-bond donors (Lipinski definition) is 1. The number of hydrogen-bond acceptors (Lipinski definition) is 8. The zero-order valence-electron chi connectivity index (χ0n) is 16.2. The molecule has 8 nitrogen and oxygen atoms in total. The van der Waals surface area contributed by atoms with Gasteiger partial charge in [-0.1, -0.05) is 18.5 Å². The molecule has 1 aromatic heterocycles. The summed E-state index contributed by atoms with van der Waals surface area (Å²) >= 11 is 1.46. The van der Waals surface area contributed by atoms with E-state index in [0.29, 0.717) is 34.4 Å². The average Bonchev–Trinajstić information content (AvgIpc) is 3.04. The van der Waals surface area contributed by atoms with Gasteiger partial charge in [0.25, 0.3) is 0 Å². The van der Waals surface area contributed by atoms with Crippen LogP contribution >= 0.6 is 11.8 Å². The van der Waals surface area contributed by atoms with Crippen LogP contribution in [-0.2, 0) is 9.63 Å². The fraction of sp³-hybridized carbons (Fsp3) is 0.556. The molecule has 0 aromatic carbocycles. The molecular formula is C18H25N3O5S. The van der Waals surface area contributed by atoms with Crippen LogP contribution in [0.3, 0.4) is 0 Å². The van der Waals surface area contributed by atoms with E-state index in [2.05, 4.69) is 15.5 Å². The summed E-state index contributed by atoms with van der Waals surface area (Å²) in [4.78, 5) is 34.0. The van der Waals surface area contributed by atoms with Gasteiger partial charge < -0.3 is 19.3 Å². The summed E-state index contributed by atoms with van der Waals surface area (Å²) in [6, 6.07) is 2.44. The van der Waals surface area contributed by atoms with E-state index in [1.54, 1.807) is 19.9 Å². The van der Waals surface area contributed by atoms with E-state index in [1.807, 2.05) is 6.92 Å². The molecule has 1 aromatic rings. The maximum Gasteiger partial charge on any atom is 0.339 e. The molecule has 1 N–H and O–H groups in total. The lowest BCUT2D eigenvalue weighted by Crippen LogP contribution is -2.45. The van der Waals surface area contributed by atoms with E-state index in [0.717, 1.165) is 6.42 Å². The zero-order valence-corrected chi connectivity index (χ0v) is 17.0. The highest BCUT2D eigenvalue weighted by Crippen LogP contribution is 2.30. The average molecular weight is 395 g/mol. The summed E-state index contributed by atoms with van der Waals surface area (Å²) in [6.07, 6.45) is 1.41. The van der Waals surface area contributed by atoms with Gasteiger partial charge in [0.15, 0.2) is 0 Å². The standard InChI is InChI=1S/C18H25N3O5S/c1-6-7-13(14-8-12(24-4)9-15(22)26-14)19-17(23)18(3)10-27-16(20-18)11(2)21-25-5/h8-9,13H,6-7,10H2,1-5H3,(H,19,23)/b21-11+/t13-,18+/m1/s1. The Bertz CT molecular complexity index is 804. The van der Waals surface area contributed by atoms with Crippen LogP contribution in [0.5, 0.6) is 5.75 Å². The molecule has 0 aliphatic carbocycles. The van der Waals surface area contributed by atoms with Crippen molar-refractivity contribution in [3.63, 3.8) is 0 Å². The molecule has 0 fully saturated rings. The third kappa shape index (κ3) is 5.12. The first-order valence-electron chi connectivity index (χ1n) is 8.63. The molecule has 0 bridgehead atoms. The van der Waals surface area contributed by atoms with Crippen molar-refractivity contribution in [3.8, 4) is 5.75 Å². The van der Waals surface area contributed by atoms with E-state index >= 15 is 0 Å². The Morgan fingerprint density at radius 3 is 2.85 bits per heavy atom. The predicted octanol–water partition coefficient (Wildman–Crippen LogP) is 2.53. The summed E-state index contributed by atoms with van der Waals surface area (Å²) < 4.78 is 10.4. The maximum absolute atomic E-state index is 12.9. The van der Waals surface area contributed by atoms with Crippen molar-refractivity contribution in [2.45, 2.75) is 45.2 Å². The summed E-state index contributed by atoms with van der Waals surface area (Å²) in [7, 11) is 2.94. The molecule has 0 spiro atoms. The second kappa shape index (κ2) is 9.07. The molecule has 2 rings (SSSR count). The van der Waals surface area contributed by atoms with Gasteiger partial charge in [0.1, 0.15) is 34.9 Å². The topological polar surface area (TPSA) is 102 Å². The largest absolute Gasteiger partial charge is 0.496 e. The third-order valence-corrected chi connectivity index (χ3v) is 5.46. The van der Waals surface area contributed by atoms with E-state index in [9.17, 15) is 9.59 Å². The van der Waals surface area contributed by atoms with Crippen molar-refractivity contribution in [3.05, 3.63) is 28.3 Å². The number of methoxy groups -OCH3 is 1. The van der Waals surface area contributed by atoms with Crippen molar-refractivity contribution in [1.29, 1.82) is 0 Å². The molecule has 0 radical (unpaired) electrons. The Balaban J connectivity index is 2.24. The molecule has 0 unspecified atom stereocenters. The normalized spacial score (nSPS) is 20.8. The number of aliphatic imine (C=N–C) groups is 1. The maximum atomic E-state index is 12.9. The summed E-state index contributed by atoms with van der Waals surface area (Å²) in [6.45, 7) is 5.54. The number of ether oxygens (including phenoxy) is 1. The molecule has 148 valence electrons. The smallest absolute Gasteiger partial charge is 0.339 e. The van der Waals surface area contributed by atoms with Gasteiger partial charge in [-0.2, -0.15) is 0 Å². The van der Waals surface area contributed by atoms with Crippen molar-refractivity contribution in [2.24, 2.45) is 10.1 Å². The van der Waals surface area contributed by atoms with Gasteiger partial charge in [-0.25, -0.2) is 4.79 Å². The van der Waals surface area contributed by atoms with Gasteiger partial charge in [-0.3, -0.25) is 9.79 Å². The van der Waals surface area contributed by atoms with Crippen LogP contribution in [0.2, 0.25) is 0 Å². The van der Waals surface area contributed by atoms with Gasteiger partial charge in [0.05, 0.1) is 19.2 Å². The number of nitrogens with one attached hydrogen (secondary N) is 1. The molecule has 1 aliphatic heterocycles. The number of carbonyl (C=O) groups is 1. The van der Waals surface area contributed by atoms with E-state index in [-0.39, 0.29) is 5.91 Å². The van der Waals surface area contributed by atoms with Gasteiger partial charge in [0, 0.05) is 11.8 Å². The molecule has 0 saturated heterocycles. The van der Waals surface area contributed by atoms with Crippen molar-refractivity contribution < 1.29 is 18.8 Å². The lowest BCUT2D eigenvalue weighted by molar-refractivity contribution is -0.125. The highest BCUT2D eigenvalue weighted by atomic mass is 32.2. The van der Waals surface area contributed by atoms with Crippen LogP contribution in [-0.4, -0.2) is 42.2 Å². The van der Waals surface area contributed by atoms with Gasteiger partial charge in [0.2, 0.25) is 5.91 Å². The number of oxime groups is 1. The van der Waals surface area contributed by atoms with Crippen molar-refractivity contribution >= 4 is 28.4 Å². The Hall–Kier alpha value is -2.29. The third-order valence-electron chi connectivity index (χ3n) is 4.09. The second-order valence-electron chi connectivity index (χ2n) is 6.37. The number of carbonyl (C=O) groups excluding carboxylic acids is 1. The van der Waals surface area contributed by atoms with Gasteiger partial charge >= 0.3 is 5.63 Å². The zero-order chi connectivity index (χ0) is 20.0. The summed E-state index contributed by atoms with van der Waals surface area (Å²) in [5.41, 5.74) is -0.827. The first-order chi connectivity index (χ1) is 12.8. The molecule has 1 aliphatic rings. The van der Waals surface area contributed by atoms with Crippen molar-refractivity contribution in [2.75, 3.05) is 20.0 Å². The lowest BCUT2D eigenvalue weighted by Gasteiger charge is -2.24. The van der Waals surface area contributed by atoms with Crippen LogP contribution in [0, 0.1) is 0 Å². The number of thioether (sulfide) groups is 1. The molecule has 2 atom stereocenters. The monoisotopic (exact) mass is 395 g/mol. The fourth-order valence-electron chi connectivity index (χ4n) is 2.63. The predicted molar refractivity (Wildman–Crippen MR) is 106 cm³/mol. The highest BCUT2D eigenvalue weighted by Gasteiger charge is 2.40. The SMILES string of the molecule is CCC[C@@H](NC(=O)[C@]1(C)CSC(/C(C)=N/OC)=N1)c1cc(OC)cc(=O)o1. The lowest BCUT2D eigenvalue weighted by atomic mass is 10.0. The molecule has 9 heteroatoms. The Labute approximate surface area is 162 Å². The van der Waals surface area contributed by atoms with Crippen LogP contribution in [0.4, 0.5) is 0 Å². The Kier molecular flexibility index (Phi) is 7.06. The molecule has 27 heavy (non-hydrogen) atoms. The van der Waals surface area contributed by atoms with E-state index in [1.165, 1.54) is 32.0 Å². The van der Waals surface area contributed by atoms with E-state index in [4.69, 9.17) is 14.0 Å². The van der Waals surface area contributed by atoms with Crippen LogP contribution < -0.4 is 15.7 Å². The van der Waals surface area contributed by atoms with Gasteiger partial charge in [-0.05, 0) is 20.3 Å². The molecular weight excluding hydrogens is 370 g/mol. The van der Waals surface area contributed by atoms with E-state index < -0.39 is 17.2 Å². The summed E-state index contributed by atoms with van der Waals surface area (Å²) in [5.74, 6) is 1.02. The first-order valence-corrected chi connectivity index (χ1v) is 9.62. The minimum Gasteiger partial charge on any atom is -0.496 e. The molecule has 2 heterocycles. The van der Waals surface area contributed by atoms with Crippen LogP contribution in [0.25, 0.3) is 0 Å². The van der Waals surface area contributed by atoms with Gasteiger partial charge in [-0.15, -0.1) is 11.8 Å². The minimum absolute atomic E-state index is 0.237. The highest BCUT2D eigenvalue weighted by molar-refractivity contribution is 8.16. The fourth-order valence-corrected chi connectivity index (χ4v) is 3.75. The molecule has 1 amide bonds.